The first kappa shape index (κ1) is 17.0. The molecule has 3 heterocycles. The minimum absolute atomic E-state index is 0.00530. The van der Waals surface area contributed by atoms with E-state index in [1.165, 1.54) is 0 Å². The summed E-state index contributed by atoms with van der Waals surface area (Å²) in [5.74, 6) is 0.526. The summed E-state index contributed by atoms with van der Waals surface area (Å²) in [5.41, 5.74) is 3.39. The van der Waals surface area contributed by atoms with Gasteiger partial charge in [0.1, 0.15) is 6.61 Å². The van der Waals surface area contributed by atoms with Gasteiger partial charge in [-0.25, -0.2) is 0 Å². The Kier molecular flexibility index (Phi) is 4.70. The quantitative estimate of drug-likeness (QED) is 0.776. The third-order valence-electron chi connectivity index (χ3n) is 4.54. The molecule has 0 fully saturated rings. The molecule has 0 saturated carbocycles. The Morgan fingerprint density at radius 2 is 1.93 bits per heavy atom. The van der Waals surface area contributed by atoms with E-state index in [4.69, 9.17) is 4.74 Å². The highest BCUT2D eigenvalue weighted by molar-refractivity contribution is 5.79. The van der Waals surface area contributed by atoms with Gasteiger partial charge in [-0.05, 0) is 35.4 Å². The lowest BCUT2D eigenvalue weighted by molar-refractivity contribution is -0.131. The van der Waals surface area contributed by atoms with E-state index in [0.29, 0.717) is 25.4 Å². The summed E-state index contributed by atoms with van der Waals surface area (Å²) >= 11 is 0. The van der Waals surface area contributed by atoms with Gasteiger partial charge < -0.3 is 14.7 Å². The average Bonchev–Trinajstić information content (AvgIpc) is 2.92. The van der Waals surface area contributed by atoms with Crippen molar-refractivity contribution in [2.75, 3.05) is 13.2 Å². The number of nitrogens with zero attached hydrogens (tertiary/aromatic N) is 3. The van der Waals surface area contributed by atoms with Gasteiger partial charge in [-0.3, -0.25) is 14.8 Å². The number of rotatable bonds is 3. The Hall–Kier alpha value is -3.41. The standard InChI is InChI=1S/C21H19N3O3/c25-19-11-17(16-4-2-6-23-13-16)10-18-14-24(7-8-27-21(18)19)20(26)9-15-3-1-5-22-12-15/h1-6,10-13,25H,7-9,14H2. The molecule has 1 N–H and O–H groups in total. The van der Waals surface area contributed by atoms with E-state index in [2.05, 4.69) is 9.97 Å². The summed E-state index contributed by atoms with van der Waals surface area (Å²) in [6, 6.07) is 11.1. The zero-order valence-electron chi connectivity index (χ0n) is 14.7. The van der Waals surface area contributed by atoms with Crippen molar-refractivity contribution in [3.63, 3.8) is 0 Å². The molecule has 0 saturated heterocycles. The monoisotopic (exact) mass is 361 g/mol. The summed E-state index contributed by atoms with van der Waals surface area (Å²) in [7, 11) is 0. The number of hydrogen-bond acceptors (Lipinski definition) is 5. The second kappa shape index (κ2) is 7.45. The molecule has 4 rings (SSSR count). The Morgan fingerprint density at radius 3 is 2.67 bits per heavy atom. The van der Waals surface area contributed by atoms with Gasteiger partial charge in [0.2, 0.25) is 5.91 Å². The molecule has 2 aromatic heterocycles. The second-order valence-corrected chi connectivity index (χ2v) is 6.43. The van der Waals surface area contributed by atoms with Gasteiger partial charge in [-0.1, -0.05) is 12.1 Å². The van der Waals surface area contributed by atoms with Crippen LogP contribution in [0.3, 0.4) is 0 Å². The van der Waals surface area contributed by atoms with Crippen LogP contribution >= 0.6 is 0 Å². The van der Waals surface area contributed by atoms with Crippen LogP contribution in [0.4, 0.5) is 0 Å². The van der Waals surface area contributed by atoms with Crippen molar-refractivity contribution in [2.24, 2.45) is 0 Å². The Labute approximate surface area is 157 Å². The van der Waals surface area contributed by atoms with Gasteiger partial charge in [-0.2, -0.15) is 0 Å². The number of hydrogen-bond donors (Lipinski definition) is 1. The molecule has 1 amide bonds. The number of carbonyl (C=O) groups is 1. The minimum Gasteiger partial charge on any atom is -0.504 e. The Bertz CT molecular complexity index is 946. The van der Waals surface area contributed by atoms with Crippen LogP contribution in [0.1, 0.15) is 11.1 Å². The SMILES string of the molecule is O=C(Cc1cccnc1)N1CCOc2c(O)cc(-c3cccnc3)cc2C1. The van der Waals surface area contributed by atoms with Crippen LogP contribution in [-0.2, 0) is 17.8 Å². The van der Waals surface area contributed by atoms with E-state index in [1.54, 1.807) is 35.8 Å². The molecule has 1 aliphatic rings. The highest BCUT2D eigenvalue weighted by atomic mass is 16.5. The Morgan fingerprint density at radius 1 is 1.11 bits per heavy atom. The number of amides is 1. The number of pyridine rings is 2. The highest BCUT2D eigenvalue weighted by Gasteiger charge is 2.23. The smallest absolute Gasteiger partial charge is 0.227 e. The topological polar surface area (TPSA) is 75.6 Å². The lowest BCUT2D eigenvalue weighted by atomic mass is 10.0. The number of aromatic nitrogens is 2. The molecule has 6 heteroatoms. The summed E-state index contributed by atoms with van der Waals surface area (Å²) in [5, 5.41) is 10.4. The summed E-state index contributed by atoms with van der Waals surface area (Å²) in [6.07, 6.45) is 7.12. The molecule has 1 aliphatic heterocycles. The normalized spacial score (nSPS) is 13.4. The van der Waals surface area contributed by atoms with E-state index in [-0.39, 0.29) is 18.1 Å². The molecule has 3 aromatic rings. The predicted molar refractivity (Wildman–Crippen MR) is 100 cm³/mol. The van der Waals surface area contributed by atoms with Crippen LogP contribution in [0.5, 0.6) is 11.5 Å². The number of fused-ring (bicyclic) bond motifs is 1. The number of aromatic hydroxyl groups is 1. The first-order valence-corrected chi connectivity index (χ1v) is 8.76. The van der Waals surface area contributed by atoms with Crippen molar-refractivity contribution in [3.8, 4) is 22.6 Å². The number of phenolic OH excluding ortho intramolecular Hbond substituents is 1. The lowest BCUT2D eigenvalue weighted by Crippen LogP contribution is -2.33. The fraction of sp³-hybridized carbons (Fsp3) is 0.190. The molecular weight excluding hydrogens is 342 g/mol. The van der Waals surface area contributed by atoms with E-state index < -0.39 is 0 Å². The van der Waals surface area contributed by atoms with Crippen molar-refractivity contribution in [3.05, 3.63) is 72.3 Å². The molecule has 1 aromatic carbocycles. The van der Waals surface area contributed by atoms with Crippen molar-refractivity contribution < 1.29 is 14.6 Å². The molecule has 0 aliphatic carbocycles. The summed E-state index contributed by atoms with van der Waals surface area (Å²) < 4.78 is 5.73. The number of benzene rings is 1. The van der Waals surface area contributed by atoms with E-state index >= 15 is 0 Å². The summed E-state index contributed by atoms with van der Waals surface area (Å²) in [6.45, 7) is 1.19. The fourth-order valence-electron chi connectivity index (χ4n) is 3.20. The Balaban J connectivity index is 1.61. The molecule has 0 radical (unpaired) electrons. The van der Waals surface area contributed by atoms with Gasteiger partial charge in [-0.15, -0.1) is 0 Å². The fourth-order valence-corrected chi connectivity index (χ4v) is 3.20. The maximum atomic E-state index is 12.7. The zero-order chi connectivity index (χ0) is 18.6. The first-order chi connectivity index (χ1) is 13.2. The molecule has 0 atom stereocenters. The zero-order valence-corrected chi connectivity index (χ0v) is 14.7. The van der Waals surface area contributed by atoms with E-state index in [0.717, 1.165) is 22.3 Å². The molecule has 6 nitrogen and oxygen atoms in total. The molecule has 0 spiro atoms. The van der Waals surface area contributed by atoms with Crippen LogP contribution < -0.4 is 4.74 Å². The largest absolute Gasteiger partial charge is 0.504 e. The van der Waals surface area contributed by atoms with E-state index in [9.17, 15) is 9.90 Å². The van der Waals surface area contributed by atoms with Crippen LogP contribution in [0.15, 0.2) is 61.2 Å². The van der Waals surface area contributed by atoms with Crippen LogP contribution in [-0.4, -0.2) is 39.0 Å². The van der Waals surface area contributed by atoms with Crippen molar-refractivity contribution in [1.29, 1.82) is 0 Å². The summed E-state index contributed by atoms with van der Waals surface area (Å²) in [4.78, 5) is 22.7. The number of carbonyl (C=O) groups excluding carboxylic acids is 1. The maximum absolute atomic E-state index is 12.7. The molecule has 0 unspecified atom stereocenters. The van der Waals surface area contributed by atoms with Gasteiger partial charge in [0.15, 0.2) is 11.5 Å². The third-order valence-corrected chi connectivity index (χ3v) is 4.54. The van der Waals surface area contributed by atoms with Gasteiger partial charge in [0, 0.05) is 42.5 Å². The third kappa shape index (κ3) is 3.74. The van der Waals surface area contributed by atoms with Crippen molar-refractivity contribution >= 4 is 5.91 Å². The van der Waals surface area contributed by atoms with Gasteiger partial charge in [0.25, 0.3) is 0 Å². The van der Waals surface area contributed by atoms with Crippen LogP contribution in [0, 0.1) is 0 Å². The average molecular weight is 361 g/mol. The van der Waals surface area contributed by atoms with Gasteiger partial charge in [0.05, 0.1) is 13.0 Å². The highest BCUT2D eigenvalue weighted by Crippen LogP contribution is 2.37. The molecular formula is C21H19N3O3. The maximum Gasteiger partial charge on any atom is 0.227 e. The van der Waals surface area contributed by atoms with Crippen LogP contribution in [0.2, 0.25) is 0 Å². The van der Waals surface area contributed by atoms with Gasteiger partial charge >= 0.3 is 0 Å². The predicted octanol–water partition coefficient (Wildman–Crippen LogP) is 2.81. The van der Waals surface area contributed by atoms with Crippen molar-refractivity contribution in [1.82, 2.24) is 14.9 Å². The van der Waals surface area contributed by atoms with Crippen molar-refractivity contribution in [2.45, 2.75) is 13.0 Å². The number of phenols is 1. The number of ether oxygens (including phenoxy) is 1. The second-order valence-electron chi connectivity index (χ2n) is 6.43. The van der Waals surface area contributed by atoms with E-state index in [1.807, 2.05) is 30.3 Å². The molecule has 136 valence electrons. The molecule has 0 bridgehead atoms. The lowest BCUT2D eigenvalue weighted by Gasteiger charge is -2.20. The minimum atomic E-state index is 0.00530. The first-order valence-electron chi connectivity index (χ1n) is 8.76. The molecule has 27 heavy (non-hydrogen) atoms. The van der Waals surface area contributed by atoms with Crippen LogP contribution in [0.25, 0.3) is 11.1 Å².